The fourth-order valence-electron chi connectivity index (χ4n) is 1.47. The number of alkyl halides is 3. The lowest BCUT2D eigenvalue weighted by Crippen LogP contribution is -2.30. The third-order valence-corrected chi connectivity index (χ3v) is 4.12. The van der Waals surface area contributed by atoms with Crippen LogP contribution in [-0.2, 0) is 10.0 Å². The molecule has 1 aromatic heterocycles. The zero-order valence-corrected chi connectivity index (χ0v) is 13.1. The number of pyridine rings is 1. The maximum absolute atomic E-state index is 12.4. The van der Waals surface area contributed by atoms with Crippen molar-refractivity contribution in [3.8, 4) is 0 Å². The van der Waals surface area contributed by atoms with Crippen LogP contribution in [0.25, 0.3) is 0 Å². The van der Waals surface area contributed by atoms with E-state index in [4.69, 9.17) is 0 Å². The fraction of sp³-hybridized carbons (Fsp3) is 0.0833. The molecule has 2 aromatic rings. The number of sulfonamides is 1. The third kappa shape index (κ3) is 3.89. The summed E-state index contributed by atoms with van der Waals surface area (Å²) >= 11 is 3.25. The Morgan fingerprint density at radius 2 is 1.68 bits per heavy atom. The number of nitrogens with zero attached hydrogens (tertiary/aromatic N) is 1. The molecule has 0 atom stereocenters. The van der Waals surface area contributed by atoms with Crippen LogP contribution in [0.15, 0.2) is 47.2 Å². The zero-order valence-electron chi connectivity index (χ0n) is 10.7. The maximum Gasteiger partial charge on any atom is 0.516 e. The van der Waals surface area contributed by atoms with Crippen LogP contribution in [0, 0.1) is 0 Å². The van der Waals surface area contributed by atoms with Crippen LogP contribution < -0.4 is 10.0 Å². The van der Waals surface area contributed by atoms with Crippen LogP contribution in [0.2, 0.25) is 0 Å². The predicted octanol–water partition coefficient (Wildman–Crippen LogP) is 3.85. The van der Waals surface area contributed by atoms with Gasteiger partial charge >= 0.3 is 15.5 Å². The Labute approximate surface area is 132 Å². The van der Waals surface area contributed by atoms with Gasteiger partial charge in [-0.15, -0.1) is 0 Å². The minimum Gasteiger partial charge on any atom is -0.353 e. The smallest absolute Gasteiger partial charge is 0.353 e. The van der Waals surface area contributed by atoms with Gasteiger partial charge in [0.2, 0.25) is 0 Å². The summed E-state index contributed by atoms with van der Waals surface area (Å²) in [5.41, 5.74) is -5.00. The largest absolute Gasteiger partial charge is 0.516 e. The fourth-order valence-corrected chi connectivity index (χ4v) is 2.32. The van der Waals surface area contributed by atoms with Crippen LogP contribution in [0.3, 0.4) is 0 Å². The Kier molecular flexibility index (Phi) is 4.61. The SMILES string of the molecule is O=S(=O)(Nc1ccncc1Nc1ccc(Br)cc1)C(F)(F)F. The van der Waals surface area contributed by atoms with Gasteiger partial charge in [0.05, 0.1) is 17.6 Å². The molecule has 0 aliphatic heterocycles. The minimum atomic E-state index is -5.50. The van der Waals surface area contributed by atoms with Gasteiger partial charge in [0, 0.05) is 16.4 Å². The molecule has 10 heteroatoms. The first kappa shape index (κ1) is 16.6. The highest BCUT2D eigenvalue weighted by molar-refractivity contribution is 9.10. The predicted molar refractivity (Wildman–Crippen MR) is 80.3 cm³/mol. The van der Waals surface area contributed by atoms with Crippen molar-refractivity contribution in [2.24, 2.45) is 0 Å². The average Bonchev–Trinajstić information content (AvgIpc) is 2.42. The molecule has 0 fully saturated rings. The van der Waals surface area contributed by atoms with Crippen molar-refractivity contribution in [3.05, 3.63) is 47.2 Å². The van der Waals surface area contributed by atoms with E-state index in [1.165, 1.54) is 17.1 Å². The molecule has 0 unspecified atom stereocenters. The minimum absolute atomic E-state index is 0.0950. The summed E-state index contributed by atoms with van der Waals surface area (Å²) in [4.78, 5) is 3.76. The van der Waals surface area contributed by atoms with Gasteiger partial charge in [-0.25, -0.2) is 0 Å². The molecule has 118 valence electrons. The molecule has 0 aliphatic rings. The first-order valence-electron chi connectivity index (χ1n) is 5.75. The number of aromatic nitrogens is 1. The van der Waals surface area contributed by atoms with Gasteiger partial charge in [-0.05, 0) is 30.3 Å². The molecule has 0 aliphatic carbocycles. The second-order valence-corrected chi connectivity index (χ2v) is 6.69. The Morgan fingerprint density at radius 3 is 2.27 bits per heavy atom. The van der Waals surface area contributed by atoms with Gasteiger partial charge in [0.15, 0.2) is 0 Å². The molecule has 0 amide bonds. The summed E-state index contributed by atoms with van der Waals surface area (Å²) < 4.78 is 62.0. The third-order valence-electron chi connectivity index (χ3n) is 2.49. The number of nitrogens with one attached hydrogen (secondary N) is 2. The van der Waals surface area contributed by atoms with Gasteiger partial charge < -0.3 is 5.32 Å². The number of benzene rings is 1. The summed E-state index contributed by atoms with van der Waals surface area (Å²) in [6, 6.07) is 7.90. The molecule has 22 heavy (non-hydrogen) atoms. The number of anilines is 3. The van der Waals surface area contributed by atoms with Gasteiger partial charge in [-0.1, -0.05) is 15.9 Å². The molecule has 0 radical (unpaired) electrons. The summed E-state index contributed by atoms with van der Waals surface area (Å²) in [6.07, 6.45) is 2.40. The zero-order chi connectivity index (χ0) is 16.4. The first-order valence-corrected chi connectivity index (χ1v) is 8.02. The standard InChI is InChI=1S/C12H9BrF3N3O2S/c13-8-1-3-9(4-2-8)18-11-7-17-6-5-10(11)19-22(20,21)12(14,15)16/h1-7,18H,(H,17,19). The van der Waals surface area contributed by atoms with Crippen molar-refractivity contribution in [2.45, 2.75) is 5.51 Å². The van der Waals surface area contributed by atoms with E-state index in [0.29, 0.717) is 5.69 Å². The second-order valence-electron chi connectivity index (χ2n) is 4.10. The van der Waals surface area contributed by atoms with E-state index < -0.39 is 15.5 Å². The van der Waals surface area contributed by atoms with Crippen LogP contribution in [0.1, 0.15) is 0 Å². The van der Waals surface area contributed by atoms with Crippen LogP contribution in [0.4, 0.5) is 30.2 Å². The lowest BCUT2D eigenvalue weighted by Gasteiger charge is -2.14. The summed E-state index contributed by atoms with van der Waals surface area (Å²) in [7, 11) is -5.50. The molecule has 0 saturated carbocycles. The van der Waals surface area contributed by atoms with E-state index in [9.17, 15) is 21.6 Å². The lowest BCUT2D eigenvalue weighted by molar-refractivity contribution is -0.0429. The molecule has 0 saturated heterocycles. The van der Waals surface area contributed by atoms with E-state index in [-0.39, 0.29) is 11.4 Å². The normalized spacial score (nSPS) is 12.0. The highest BCUT2D eigenvalue weighted by Crippen LogP contribution is 2.30. The molecule has 0 bridgehead atoms. The van der Waals surface area contributed by atoms with Crippen LogP contribution >= 0.6 is 15.9 Å². The molecule has 2 rings (SSSR count). The van der Waals surface area contributed by atoms with Gasteiger partial charge in [0.25, 0.3) is 0 Å². The summed E-state index contributed by atoms with van der Waals surface area (Å²) in [5.74, 6) is 0. The van der Waals surface area contributed by atoms with Gasteiger partial charge in [-0.3, -0.25) is 9.71 Å². The molecule has 0 spiro atoms. The van der Waals surface area contributed by atoms with Gasteiger partial charge in [-0.2, -0.15) is 21.6 Å². The molecule has 1 heterocycles. The van der Waals surface area contributed by atoms with Gasteiger partial charge in [0.1, 0.15) is 0 Å². The van der Waals surface area contributed by atoms with E-state index in [0.717, 1.165) is 10.5 Å². The monoisotopic (exact) mass is 395 g/mol. The lowest BCUT2D eigenvalue weighted by atomic mass is 10.3. The van der Waals surface area contributed by atoms with E-state index in [2.05, 4.69) is 26.2 Å². The second kappa shape index (κ2) is 6.13. The van der Waals surface area contributed by atoms with Crippen LogP contribution in [0.5, 0.6) is 0 Å². The van der Waals surface area contributed by atoms with Crippen molar-refractivity contribution in [2.75, 3.05) is 10.0 Å². The van der Waals surface area contributed by atoms with Crippen molar-refractivity contribution in [1.82, 2.24) is 4.98 Å². The first-order chi connectivity index (χ1) is 10.2. The Hall–Kier alpha value is -1.81. The molecular formula is C12H9BrF3N3O2S. The molecule has 2 N–H and O–H groups in total. The van der Waals surface area contributed by atoms with E-state index in [1.807, 2.05) is 0 Å². The van der Waals surface area contributed by atoms with Crippen molar-refractivity contribution in [3.63, 3.8) is 0 Å². The van der Waals surface area contributed by atoms with E-state index >= 15 is 0 Å². The van der Waals surface area contributed by atoms with E-state index in [1.54, 1.807) is 24.3 Å². The summed E-state index contributed by atoms with van der Waals surface area (Å²) in [5, 5.41) is 2.80. The highest BCUT2D eigenvalue weighted by atomic mass is 79.9. The van der Waals surface area contributed by atoms with Crippen LogP contribution in [-0.4, -0.2) is 18.9 Å². The highest BCUT2D eigenvalue weighted by Gasteiger charge is 2.46. The number of hydrogen-bond donors (Lipinski definition) is 2. The Bertz CT molecular complexity index is 764. The Balaban J connectivity index is 2.29. The molecule has 1 aromatic carbocycles. The molecule has 5 nitrogen and oxygen atoms in total. The number of halogens is 4. The topological polar surface area (TPSA) is 71.1 Å². The average molecular weight is 396 g/mol. The number of hydrogen-bond acceptors (Lipinski definition) is 4. The van der Waals surface area contributed by atoms with Crippen molar-refractivity contribution < 1.29 is 21.6 Å². The quantitative estimate of drug-likeness (QED) is 0.824. The van der Waals surface area contributed by atoms with Crippen molar-refractivity contribution >= 4 is 43.0 Å². The summed E-state index contributed by atoms with van der Waals surface area (Å²) in [6.45, 7) is 0. The Morgan fingerprint density at radius 1 is 1.05 bits per heavy atom. The van der Waals surface area contributed by atoms with Crippen molar-refractivity contribution in [1.29, 1.82) is 0 Å². The maximum atomic E-state index is 12.4. The molecular weight excluding hydrogens is 387 g/mol. The number of rotatable bonds is 4.